The zero-order valence-corrected chi connectivity index (χ0v) is 8.76. The molecule has 3 N–H and O–H groups in total. The van der Waals surface area contributed by atoms with Crippen LogP contribution in [0.25, 0.3) is 0 Å². The Morgan fingerprint density at radius 2 is 2.08 bits per heavy atom. The summed E-state index contributed by atoms with van der Waals surface area (Å²) in [5.74, 6) is 4.92. The molecule has 0 bridgehead atoms. The molecule has 0 aromatic rings. The van der Waals surface area contributed by atoms with Gasteiger partial charge in [0.15, 0.2) is 0 Å². The van der Waals surface area contributed by atoms with Crippen molar-refractivity contribution in [3.63, 3.8) is 0 Å². The average Bonchev–Trinajstić information content (AvgIpc) is 2.03. The number of nitrogens with one attached hydrogen (secondary N) is 1. The standard InChI is InChI=1S/C7H16N2O.2ClH/c8-10-6-4-7-3-1-2-5-9-7;;/h7,9H,1-6,8H2;2*1H. The van der Waals surface area contributed by atoms with E-state index in [4.69, 9.17) is 5.90 Å². The van der Waals surface area contributed by atoms with Crippen molar-refractivity contribution in [1.29, 1.82) is 0 Å². The van der Waals surface area contributed by atoms with E-state index < -0.39 is 0 Å². The molecule has 0 aromatic heterocycles. The lowest BCUT2D eigenvalue weighted by atomic mass is 10.0. The van der Waals surface area contributed by atoms with Crippen LogP contribution in [0.15, 0.2) is 0 Å². The highest BCUT2D eigenvalue weighted by Crippen LogP contribution is 2.09. The third-order valence-electron chi connectivity index (χ3n) is 2.00. The summed E-state index contributed by atoms with van der Waals surface area (Å²) < 4.78 is 0. The van der Waals surface area contributed by atoms with Crippen LogP contribution in [-0.4, -0.2) is 19.2 Å². The third kappa shape index (κ3) is 6.03. The van der Waals surface area contributed by atoms with E-state index in [1.807, 2.05) is 0 Å². The second kappa shape index (κ2) is 9.55. The molecule has 5 heteroatoms. The molecular formula is C7H18Cl2N2O. The van der Waals surface area contributed by atoms with Crippen LogP contribution in [0.1, 0.15) is 25.7 Å². The molecule has 1 heterocycles. The van der Waals surface area contributed by atoms with Gasteiger partial charge in [0.25, 0.3) is 0 Å². The molecule has 0 spiro atoms. The molecular weight excluding hydrogens is 199 g/mol. The van der Waals surface area contributed by atoms with Crippen molar-refractivity contribution in [2.45, 2.75) is 31.7 Å². The highest BCUT2D eigenvalue weighted by molar-refractivity contribution is 5.85. The van der Waals surface area contributed by atoms with Crippen molar-refractivity contribution in [2.75, 3.05) is 13.2 Å². The van der Waals surface area contributed by atoms with Gasteiger partial charge in [0, 0.05) is 6.04 Å². The Balaban J connectivity index is 0. The normalized spacial score (nSPS) is 22.2. The zero-order valence-electron chi connectivity index (χ0n) is 7.12. The minimum atomic E-state index is 0. The molecule has 1 aliphatic rings. The maximum absolute atomic E-state index is 4.92. The Kier molecular flexibility index (Phi) is 11.9. The summed E-state index contributed by atoms with van der Waals surface area (Å²) in [7, 11) is 0. The van der Waals surface area contributed by atoms with Crippen LogP contribution < -0.4 is 11.2 Å². The fourth-order valence-corrected chi connectivity index (χ4v) is 1.38. The van der Waals surface area contributed by atoms with Gasteiger partial charge in [0.2, 0.25) is 0 Å². The number of hydrogen-bond donors (Lipinski definition) is 2. The van der Waals surface area contributed by atoms with Gasteiger partial charge in [0.05, 0.1) is 6.61 Å². The maximum atomic E-state index is 4.92. The number of rotatable bonds is 3. The molecule has 12 heavy (non-hydrogen) atoms. The van der Waals surface area contributed by atoms with E-state index in [-0.39, 0.29) is 24.8 Å². The molecule has 0 radical (unpaired) electrons. The van der Waals surface area contributed by atoms with Gasteiger partial charge in [-0.25, -0.2) is 5.90 Å². The lowest BCUT2D eigenvalue weighted by Crippen LogP contribution is -2.35. The van der Waals surface area contributed by atoms with Gasteiger partial charge in [0.1, 0.15) is 0 Å². The van der Waals surface area contributed by atoms with Gasteiger partial charge in [-0.15, -0.1) is 24.8 Å². The Hall–Kier alpha value is 0.460. The highest BCUT2D eigenvalue weighted by atomic mass is 35.5. The number of hydrogen-bond acceptors (Lipinski definition) is 3. The summed E-state index contributed by atoms with van der Waals surface area (Å²) in [6, 6.07) is 0.650. The summed E-state index contributed by atoms with van der Waals surface area (Å²) in [5.41, 5.74) is 0. The average molecular weight is 217 g/mol. The lowest BCUT2D eigenvalue weighted by Gasteiger charge is -2.22. The molecule has 1 saturated heterocycles. The smallest absolute Gasteiger partial charge is 0.0694 e. The Morgan fingerprint density at radius 3 is 2.58 bits per heavy atom. The van der Waals surface area contributed by atoms with Crippen LogP contribution >= 0.6 is 24.8 Å². The van der Waals surface area contributed by atoms with Crippen molar-refractivity contribution in [1.82, 2.24) is 5.32 Å². The van der Waals surface area contributed by atoms with Gasteiger partial charge >= 0.3 is 0 Å². The van der Waals surface area contributed by atoms with Crippen LogP contribution in [0.4, 0.5) is 0 Å². The van der Waals surface area contributed by atoms with Gasteiger partial charge in [-0.2, -0.15) is 0 Å². The van der Waals surface area contributed by atoms with Crippen LogP contribution in [0, 0.1) is 0 Å². The van der Waals surface area contributed by atoms with Crippen molar-refractivity contribution >= 4 is 24.8 Å². The molecule has 0 saturated carbocycles. The molecule has 3 nitrogen and oxygen atoms in total. The molecule has 1 atom stereocenters. The van der Waals surface area contributed by atoms with Crippen LogP contribution in [0.2, 0.25) is 0 Å². The van der Waals surface area contributed by atoms with Gasteiger partial charge in [-0.05, 0) is 25.8 Å². The molecule has 1 unspecified atom stereocenters. The minimum Gasteiger partial charge on any atom is -0.314 e. The monoisotopic (exact) mass is 216 g/mol. The molecule has 76 valence electrons. The third-order valence-corrected chi connectivity index (χ3v) is 2.00. The molecule has 0 aliphatic carbocycles. The number of piperidine rings is 1. The van der Waals surface area contributed by atoms with E-state index >= 15 is 0 Å². The first-order valence-corrected chi connectivity index (χ1v) is 3.98. The predicted octanol–water partition coefficient (Wildman–Crippen LogP) is 1.25. The molecule has 1 fully saturated rings. The summed E-state index contributed by atoms with van der Waals surface area (Å²) in [6.45, 7) is 1.84. The quantitative estimate of drug-likeness (QED) is 0.699. The Morgan fingerprint density at radius 1 is 1.33 bits per heavy atom. The molecule has 1 rings (SSSR count). The second-order valence-corrected chi connectivity index (χ2v) is 2.81. The summed E-state index contributed by atoms with van der Waals surface area (Å²) in [4.78, 5) is 4.50. The maximum Gasteiger partial charge on any atom is 0.0694 e. The first-order valence-electron chi connectivity index (χ1n) is 3.98. The van der Waals surface area contributed by atoms with Crippen molar-refractivity contribution < 1.29 is 4.84 Å². The minimum absolute atomic E-state index is 0. The number of nitrogens with two attached hydrogens (primary N) is 1. The number of halogens is 2. The van der Waals surface area contributed by atoms with E-state index in [0.29, 0.717) is 12.6 Å². The largest absolute Gasteiger partial charge is 0.314 e. The van der Waals surface area contributed by atoms with Crippen LogP contribution in [0.3, 0.4) is 0 Å². The predicted molar refractivity (Wildman–Crippen MR) is 54.9 cm³/mol. The first-order chi connectivity index (χ1) is 4.93. The summed E-state index contributed by atoms with van der Waals surface area (Å²) in [5, 5.41) is 3.42. The molecule has 1 aliphatic heterocycles. The van der Waals surface area contributed by atoms with E-state index in [1.165, 1.54) is 19.3 Å². The van der Waals surface area contributed by atoms with Crippen molar-refractivity contribution in [3.05, 3.63) is 0 Å². The van der Waals surface area contributed by atoms with Crippen LogP contribution in [0.5, 0.6) is 0 Å². The van der Waals surface area contributed by atoms with E-state index in [9.17, 15) is 0 Å². The molecule has 0 aromatic carbocycles. The van der Waals surface area contributed by atoms with Crippen LogP contribution in [-0.2, 0) is 4.84 Å². The first kappa shape index (κ1) is 15.0. The second-order valence-electron chi connectivity index (χ2n) is 2.81. The highest BCUT2D eigenvalue weighted by Gasteiger charge is 2.10. The SMILES string of the molecule is Cl.Cl.NOCCC1CCCCN1. The fraction of sp³-hybridized carbons (Fsp3) is 1.00. The van der Waals surface area contributed by atoms with E-state index in [2.05, 4.69) is 10.2 Å². The van der Waals surface area contributed by atoms with Crippen molar-refractivity contribution in [2.24, 2.45) is 5.90 Å². The van der Waals surface area contributed by atoms with Gasteiger partial charge < -0.3 is 10.2 Å². The lowest BCUT2D eigenvalue weighted by molar-refractivity contribution is 0.124. The fourth-order valence-electron chi connectivity index (χ4n) is 1.38. The Labute approximate surface area is 86.2 Å². The molecule has 0 amide bonds. The topological polar surface area (TPSA) is 47.3 Å². The summed E-state index contributed by atoms with van der Waals surface area (Å²) >= 11 is 0. The zero-order chi connectivity index (χ0) is 7.23. The van der Waals surface area contributed by atoms with Gasteiger partial charge in [-0.3, -0.25) is 0 Å². The van der Waals surface area contributed by atoms with Crippen molar-refractivity contribution in [3.8, 4) is 0 Å². The van der Waals surface area contributed by atoms with Gasteiger partial charge in [-0.1, -0.05) is 6.42 Å². The summed E-state index contributed by atoms with van der Waals surface area (Å²) in [6.07, 6.45) is 5.00. The Bertz CT molecular complexity index is 89.5. The van der Waals surface area contributed by atoms with E-state index in [1.54, 1.807) is 0 Å². The van der Waals surface area contributed by atoms with E-state index in [0.717, 1.165) is 13.0 Å².